The summed E-state index contributed by atoms with van der Waals surface area (Å²) in [5.41, 5.74) is 0. The average Bonchev–Trinajstić information content (AvgIpc) is 2.59. The molecule has 0 aliphatic carbocycles. The van der Waals surface area contributed by atoms with Crippen LogP contribution in [0.2, 0.25) is 0 Å². The largest absolute Gasteiger partial charge is 0.316 e. The van der Waals surface area contributed by atoms with Gasteiger partial charge in [0.1, 0.15) is 12.1 Å². The van der Waals surface area contributed by atoms with Crippen LogP contribution in [0.25, 0.3) is 0 Å². The number of rotatable bonds is 2. The maximum atomic E-state index is 4.06. The van der Waals surface area contributed by atoms with E-state index >= 15 is 0 Å². The number of thiazole rings is 1. The van der Waals surface area contributed by atoms with E-state index in [0.717, 1.165) is 10.9 Å². The lowest BCUT2D eigenvalue weighted by Gasteiger charge is -1.97. The Morgan fingerprint density at radius 1 is 1.25 bits per heavy atom. The molecule has 0 aromatic carbocycles. The smallest absolute Gasteiger partial charge is 0.188 e. The monoisotopic (exact) mass is 178 g/mol. The molecule has 4 nitrogen and oxygen atoms in total. The minimum atomic E-state index is 0.764. The standard InChI is InChI=1S/C7H6N4S/c1-2-8-5-10-6(1)11-7-9-3-4-12-7/h1-5H,(H,8,9,10,11). The molecule has 0 atom stereocenters. The predicted molar refractivity (Wildman–Crippen MR) is 47.4 cm³/mol. The Morgan fingerprint density at radius 3 is 2.92 bits per heavy atom. The van der Waals surface area contributed by atoms with Crippen LogP contribution in [0.5, 0.6) is 0 Å². The fourth-order valence-corrected chi connectivity index (χ4v) is 1.30. The quantitative estimate of drug-likeness (QED) is 0.760. The first kappa shape index (κ1) is 7.17. The molecule has 0 unspecified atom stereocenters. The molecule has 60 valence electrons. The highest BCUT2D eigenvalue weighted by Gasteiger charge is 1.94. The number of anilines is 2. The van der Waals surface area contributed by atoms with E-state index in [1.165, 1.54) is 17.7 Å². The van der Waals surface area contributed by atoms with Gasteiger partial charge in [-0.15, -0.1) is 11.3 Å². The van der Waals surface area contributed by atoms with E-state index in [1.807, 2.05) is 5.38 Å². The van der Waals surface area contributed by atoms with Gasteiger partial charge in [0.15, 0.2) is 5.13 Å². The summed E-state index contributed by atoms with van der Waals surface area (Å²) in [4.78, 5) is 11.9. The number of hydrogen-bond acceptors (Lipinski definition) is 5. The fourth-order valence-electron chi connectivity index (χ4n) is 0.759. The lowest BCUT2D eigenvalue weighted by atomic mass is 10.6. The first-order valence-electron chi connectivity index (χ1n) is 3.38. The Morgan fingerprint density at radius 2 is 2.25 bits per heavy atom. The van der Waals surface area contributed by atoms with Crippen LogP contribution in [0.4, 0.5) is 10.9 Å². The molecule has 0 amide bonds. The molecule has 0 saturated heterocycles. The van der Waals surface area contributed by atoms with Gasteiger partial charge in [0, 0.05) is 17.8 Å². The van der Waals surface area contributed by atoms with Crippen LogP contribution in [0.1, 0.15) is 0 Å². The van der Waals surface area contributed by atoms with Gasteiger partial charge >= 0.3 is 0 Å². The summed E-state index contributed by atoms with van der Waals surface area (Å²) in [6.45, 7) is 0. The fraction of sp³-hybridized carbons (Fsp3) is 0. The maximum absolute atomic E-state index is 4.06. The summed E-state index contributed by atoms with van der Waals surface area (Å²) in [6, 6.07) is 1.79. The van der Waals surface area contributed by atoms with E-state index in [2.05, 4.69) is 20.3 Å². The van der Waals surface area contributed by atoms with Crippen LogP contribution >= 0.6 is 11.3 Å². The second-order valence-electron chi connectivity index (χ2n) is 2.06. The van der Waals surface area contributed by atoms with E-state index < -0.39 is 0 Å². The number of hydrogen-bond donors (Lipinski definition) is 1. The zero-order valence-electron chi connectivity index (χ0n) is 6.14. The van der Waals surface area contributed by atoms with Crippen molar-refractivity contribution in [1.29, 1.82) is 0 Å². The molecule has 0 spiro atoms. The molecule has 1 N–H and O–H groups in total. The Labute approximate surface area is 73.3 Å². The molecule has 0 bridgehead atoms. The molecule has 2 aromatic heterocycles. The van der Waals surface area contributed by atoms with E-state index in [-0.39, 0.29) is 0 Å². The molecule has 2 aromatic rings. The highest BCUT2D eigenvalue weighted by molar-refractivity contribution is 7.13. The zero-order valence-corrected chi connectivity index (χ0v) is 6.95. The Bertz CT molecular complexity index is 332. The minimum absolute atomic E-state index is 0.764. The van der Waals surface area contributed by atoms with Crippen molar-refractivity contribution in [3.8, 4) is 0 Å². The van der Waals surface area contributed by atoms with Crippen molar-refractivity contribution in [3.63, 3.8) is 0 Å². The molecule has 0 fully saturated rings. The molecule has 0 radical (unpaired) electrons. The van der Waals surface area contributed by atoms with Gasteiger partial charge in [-0.2, -0.15) is 0 Å². The van der Waals surface area contributed by atoms with Crippen LogP contribution < -0.4 is 5.32 Å². The normalized spacial score (nSPS) is 9.67. The molecule has 0 aliphatic heterocycles. The molecule has 5 heteroatoms. The van der Waals surface area contributed by atoms with Gasteiger partial charge in [-0.3, -0.25) is 0 Å². The highest BCUT2D eigenvalue weighted by atomic mass is 32.1. The van der Waals surface area contributed by atoms with Crippen molar-refractivity contribution in [2.75, 3.05) is 5.32 Å². The summed E-state index contributed by atoms with van der Waals surface area (Å²) in [5.74, 6) is 0.764. The lowest BCUT2D eigenvalue weighted by Crippen LogP contribution is -1.91. The van der Waals surface area contributed by atoms with E-state index in [0.29, 0.717) is 0 Å². The van der Waals surface area contributed by atoms with Gasteiger partial charge in [0.05, 0.1) is 0 Å². The number of nitrogens with one attached hydrogen (secondary N) is 1. The van der Waals surface area contributed by atoms with Crippen molar-refractivity contribution in [1.82, 2.24) is 15.0 Å². The Hall–Kier alpha value is -1.49. The second-order valence-corrected chi connectivity index (χ2v) is 2.95. The van der Waals surface area contributed by atoms with E-state index in [1.54, 1.807) is 18.5 Å². The lowest BCUT2D eigenvalue weighted by molar-refractivity contribution is 1.16. The summed E-state index contributed by atoms with van der Waals surface area (Å²) in [6.07, 6.45) is 4.92. The average molecular weight is 178 g/mol. The van der Waals surface area contributed by atoms with Gasteiger partial charge in [-0.25, -0.2) is 15.0 Å². The predicted octanol–water partition coefficient (Wildman–Crippen LogP) is 1.68. The zero-order chi connectivity index (χ0) is 8.23. The Kier molecular flexibility index (Phi) is 1.96. The first-order chi connectivity index (χ1) is 5.95. The maximum Gasteiger partial charge on any atom is 0.188 e. The number of aromatic nitrogens is 3. The van der Waals surface area contributed by atoms with Gasteiger partial charge in [-0.1, -0.05) is 0 Å². The molecule has 2 rings (SSSR count). The van der Waals surface area contributed by atoms with E-state index in [9.17, 15) is 0 Å². The summed E-state index contributed by atoms with van der Waals surface area (Å²) in [7, 11) is 0. The van der Waals surface area contributed by atoms with Gasteiger partial charge in [0.25, 0.3) is 0 Å². The van der Waals surface area contributed by atoms with Crippen molar-refractivity contribution < 1.29 is 0 Å². The molecule has 2 heterocycles. The van der Waals surface area contributed by atoms with Crippen molar-refractivity contribution in [2.24, 2.45) is 0 Å². The summed E-state index contributed by atoms with van der Waals surface area (Å²) in [5, 5.41) is 5.79. The third kappa shape index (κ3) is 1.57. The van der Waals surface area contributed by atoms with Crippen molar-refractivity contribution in [3.05, 3.63) is 30.2 Å². The third-order valence-corrected chi connectivity index (χ3v) is 1.94. The van der Waals surface area contributed by atoms with Gasteiger partial charge in [-0.05, 0) is 6.07 Å². The van der Waals surface area contributed by atoms with Crippen LogP contribution in [0.3, 0.4) is 0 Å². The van der Waals surface area contributed by atoms with Crippen LogP contribution in [-0.4, -0.2) is 15.0 Å². The van der Waals surface area contributed by atoms with Crippen LogP contribution in [-0.2, 0) is 0 Å². The molecular weight excluding hydrogens is 172 g/mol. The van der Waals surface area contributed by atoms with Crippen molar-refractivity contribution >= 4 is 22.3 Å². The summed E-state index contributed by atoms with van der Waals surface area (Å²) >= 11 is 1.54. The molecule has 0 saturated carbocycles. The Balaban J connectivity index is 2.15. The molecular formula is C7H6N4S. The molecule has 0 aliphatic rings. The van der Waals surface area contributed by atoms with Crippen LogP contribution in [0, 0.1) is 0 Å². The van der Waals surface area contributed by atoms with Gasteiger partial charge in [0.2, 0.25) is 0 Å². The topological polar surface area (TPSA) is 50.7 Å². The van der Waals surface area contributed by atoms with Crippen LogP contribution in [0.15, 0.2) is 30.2 Å². The third-order valence-electron chi connectivity index (χ3n) is 1.25. The molecule has 12 heavy (non-hydrogen) atoms. The highest BCUT2D eigenvalue weighted by Crippen LogP contribution is 2.15. The first-order valence-corrected chi connectivity index (χ1v) is 4.25. The second kappa shape index (κ2) is 3.27. The SMILES string of the molecule is c1cc(Nc2nccs2)ncn1. The van der Waals surface area contributed by atoms with E-state index in [4.69, 9.17) is 0 Å². The minimum Gasteiger partial charge on any atom is -0.316 e. The van der Waals surface area contributed by atoms with Crippen molar-refractivity contribution in [2.45, 2.75) is 0 Å². The summed E-state index contributed by atoms with van der Waals surface area (Å²) < 4.78 is 0. The van der Waals surface area contributed by atoms with Gasteiger partial charge < -0.3 is 5.32 Å². The number of nitrogens with zero attached hydrogens (tertiary/aromatic N) is 3.